The Morgan fingerprint density at radius 3 is 2.73 bits per heavy atom. The summed E-state index contributed by atoms with van der Waals surface area (Å²) in [7, 11) is 1.42. The highest BCUT2D eigenvalue weighted by Crippen LogP contribution is 2.43. The maximum Gasteiger partial charge on any atom is 0.315 e. The average molecular weight is 377 g/mol. The second-order valence-electron chi connectivity index (χ2n) is 6.88. The summed E-state index contributed by atoms with van der Waals surface area (Å²) < 4.78 is 16.7. The van der Waals surface area contributed by atoms with E-state index in [1.807, 2.05) is 12.1 Å². The molecule has 2 aromatic rings. The summed E-state index contributed by atoms with van der Waals surface area (Å²) in [5.74, 6) is -0.975. The molecule has 1 saturated heterocycles. The molecule has 26 heavy (non-hydrogen) atoms. The third-order valence-corrected chi connectivity index (χ3v) is 5.62. The van der Waals surface area contributed by atoms with Gasteiger partial charge in [0, 0.05) is 30.5 Å². The van der Waals surface area contributed by atoms with E-state index in [1.54, 1.807) is 12.3 Å². The van der Waals surface area contributed by atoms with Crippen LogP contribution >= 0.6 is 11.6 Å². The molecule has 0 N–H and O–H groups in total. The van der Waals surface area contributed by atoms with Gasteiger partial charge in [0.25, 0.3) is 0 Å². The van der Waals surface area contributed by atoms with Crippen molar-refractivity contribution in [3.63, 3.8) is 0 Å². The molecule has 3 heterocycles. The molecule has 7 heteroatoms. The number of esters is 1. The lowest BCUT2D eigenvalue weighted by atomic mass is 9.76. The van der Waals surface area contributed by atoms with Gasteiger partial charge in [-0.15, -0.1) is 0 Å². The van der Waals surface area contributed by atoms with Gasteiger partial charge >= 0.3 is 5.97 Å². The van der Waals surface area contributed by atoms with E-state index in [2.05, 4.69) is 9.97 Å². The summed E-state index contributed by atoms with van der Waals surface area (Å²) in [6, 6.07) is 5.52. The standard InChI is InChI=1S/C19H21ClN2O4/c1-24-18(23)17(12-4-6-19(7-5-12)25-8-9-26-19)14-3-2-13-11-21-16(20)10-15(13)22-14/h2-3,10-12,17H,4-9H2,1H3. The minimum atomic E-state index is -0.451. The van der Waals surface area contributed by atoms with Gasteiger partial charge < -0.3 is 14.2 Å². The molecule has 1 unspecified atom stereocenters. The highest BCUT2D eigenvalue weighted by molar-refractivity contribution is 6.29. The van der Waals surface area contributed by atoms with Crippen molar-refractivity contribution in [1.29, 1.82) is 0 Å². The average Bonchev–Trinajstić information content (AvgIpc) is 3.11. The molecule has 2 aromatic heterocycles. The summed E-state index contributed by atoms with van der Waals surface area (Å²) in [4.78, 5) is 21.3. The number of methoxy groups -OCH3 is 1. The van der Waals surface area contributed by atoms with Crippen LogP contribution in [0, 0.1) is 5.92 Å². The summed E-state index contributed by atoms with van der Waals surface area (Å²) >= 11 is 5.99. The van der Waals surface area contributed by atoms with Gasteiger partial charge in [0.15, 0.2) is 5.79 Å². The van der Waals surface area contributed by atoms with E-state index >= 15 is 0 Å². The van der Waals surface area contributed by atoms with E-state index in [-0.39, 0.29) is 11.9 Å². The summed E-state index contributed by atoms with van der Waals surface area (Å²) in [5.41, 5.74) is 1.44. The van der Waals surface area contributed by atoms with Crippen molar-refractivity contribution in [1.82, 2.24) is 9.97 Å². The summed E-state index contributed by atoms with van der Waals surface area (Å²) in [6.45, 7) is 1.29. The fraction of sp³-hybridized carbons (Fsp3) is 0.526. The van der Waals surface area contributed by atoms with Crippen LogP contribution in [0.1, 0.15) is 37.3 Å². The highest BCUT2D eigenvalue weighted by Gasteiger charge is 2.44. The smallest absolute Gasteiger partial charge is 0.315 e. The van der Waals surface area contributed by atoms with Gasteiger partial charge in [-0.25, -0.2) is 4.98 Å². The molecule has 138 valence electrons. The van der Waals surface area contributed by atoms with Crippen molar-refractivity contribution in [2.24, 2.45) is 5.92 Å². The first kappa shape index (κ1) is 17.6. The Morgan fingerprint density at radius 2 is 2.04 bits per heavy atom. The zero-order chi connectivity index (χ0) is 18.1. The van der Waals surface area contributed by atoms with E-state index in [1.165, 1.54) is 7.11 Å². The van der Waals surface area contributed by atoms with Crippen molar-refractivity contribution in [3.8, 4) is 0 Å². The molecule has 2 aliphatic rings. The van der Waals surface area contributed by atoms with Crippen LogP contribution in [0.2, 0.25) is 5.15 Å². The molecule has 2 fully saturated rings. The lowest BCUT2D eigenvalue weighted by Crippen LogP contribution is -2.38. The molecule has 0 amide bonds. The largest absolute Gasteiger partial charge is 0.468 e. The number of carbonyl (C=O) groups is 1. The third-order valence-electron chi connectivity index (χ3n) is 5.41. The predicted octanol–water partition coefficient (Wildman–Crippen LogP) is 3.47. The first-order valence-electron chi connectivity index (χ1n) is 8.88. The lowest BCUT2D eigenvalue weighted by molar-refractivity contribution is -0.185. The van der Waals surface area contributed by atoms with E-state index < -0.39 is 11.7 Å². The number of rotatable bonds is 3. The maximum atomic E-state index is 12.6. The molecule has 1 spiro atoms. The van der Waals surface area contributed by atoms with Crippen molar-refractivity contribution < 1.29 is 19.0 Å². The van der Waals surface area contributed by atoms with Crippen LogP contribution in [0.25, 0.3) is 10.9 Å². The summed E-state index contributed by atoms with van der Waals surface area (Å²) in [5, 5.41) is 1.27. The molecule has 6 nitrogen and oxygen atoms in total. The highest BCUT2D eigenvalue weighted by atomic mass is 35.5. The van der Waals surface area contributed by atoms with Gasteiger partial charge in [-0.1, -0.05) is 11.6 Å². The molecule has 1 aliphatic heterocycles. The van der Waals surface area contributed by atoms with Crippen molar-refractivity contribution in [2.75, 3.05) is 20.3 Å². The Kier molecular flexibility index (Phi) is 4.82. The monoisotopic (exact) mass is 376 g/mol. The Labute approximate surface area is 156 Å². The normalized spacial score (nSPS) is 21.2. The van der Waals surface area contributed by atoms with Gasteiger partial charge in [0.1, 0.15) is 11.1 Å². The first-order chi connectivity index (χ1) is 12.6. The van der Waals surface area contributed by atoms with Gasteiger partial charge in [0.05, 0.1) is 31.5 Å². The Bertz CT molecular complexity index is 812. The minimum absolute atomic E-state index is 0.142. The second kappa shape index (κ2) is 7.10. The van der Waals surface area contributed by atoms with E-state index in [0.29, 0.717) is 24.1 Å². The van der Waals surface area contributed by atoms with E-state index in [4.69, 9.17) is 25.8 Å². The number of carbonyl (C=O) groups excluding carboxylic acids is 1. The van der Waals surface area contributed by atoms with Gasteiger partial charge in [-0.3, -0.25) is 9.78 Å². The predicted molar refractivity (Wildman–Crippen MR) is 95.9 cm³/mol. The fourth-order valence-electron chi connectivity index (χ4n) is 4.06. The van der Waals surface area contributed by atoms with Crippen LogP contribution in [0.15, 0.2) is 24.4 Å². The maximum absolute atomic E-state index is 12.6. The number of hydrogen-bond donors (Lipinski definition) is 0. The quantitative estimate of drug-likeness (QED) is 0.603. The molecule has 0 bridgehead atoms. The van der Waals surface area contributed by atoms with Crippen molar-refractivity contribution in [2.45, 2.75) is 37.4 Å². The SMILES string of the molecule is COC(=O)C(c1ccc2cnc(Cl)cc2n1)C1CCC2(CC1)OCCO2. The number of halogens is 1. The topological polar surface area (TPSA) is 70.5 Å². The van der Waals surface area contributed by atoms with E-state index in [0.717, 1.165) is 36.6 Å². The summed E-state index contributed by atoms with van der Waals surface area (Å²) in [6.07, 6.45) is 4.91. The molecule has 0 aromatic carbocycles. The molecular formula is C19H21ClN2O4. The molecule has 1 saturated carbocycles. The Hall–Kier alpha value is -1.76. The second-order valence-corrected chi connectivity index (χ2v) is 7.27. The van der Waals surface area contributed by atoms with Crippen LogP contribution < -0.4 is 0 Å². The minimum Gasteiger partial charge on any atom is -0.468 e. The molecule has 1 atom stereocenters. The van der Waals surface area contributed by atoms with Crippen molar-refractivity contribution >= 4 is 28.5 Å². The van der Waals surface area contributed by atoms with Crippen molar-refractivity contribution in [3.05, 3.63) is 35.2 Å². The molecule has 4 rings (SSSR count). The van der Waals surface area contributed by atoms with Crippen LogP contribution in [-0.2, 0) is 19.0 Å². The third kappa shape index (κ3) is 3.29. The van der Waals surface area contributed by atoms with Crippen LogP contribution in [-0.4, -0.2) is 42.0 Å². The zero-order valence-electron chi connectivity index (χ0n) is 14.6. The fourth-order valence-corrected chi connectivity index (χ4v) is 4.21. The molecular weight excluding hydrogens is 356 g/mol. The lowest BCUT2D eigenvalue weighted by Gasteiger charge is -2.37. The zero-order valence-corrected chi connectivity index (χ0v) is 15.4. The van der Waals surface area contributed by atoms with Crippen LogP contribution in [0.3, 0.4) is 0 Å². The van der Waals surface area contributed by atoms with Gasteiger partial charge in [-0.05, 0) is 30.9 Å². The van der Waals surface area contributed by atoms with Gasteiger partial charge in [0.2, 0.25) is 0 Å². The Morgan fingerprint density at radius 1 is 1.31 bits per heavy atom. The number of aromatic nitrogens is 2. The van der Waals surface area contributed by atoms with E-state index in [9.17, 15) is 4.79 Å². The number of pyridine rings is 2. The first-order valence-corrected chi connectivity index (χ1v) is 9.26. The molecule has 1 aliphatic carbocycles. The number of nitrogens with zero attached hydrogens (tertiary/aromatic N) is 2. The van der Waals surface area contributed by atoms with Crippen LogP contribution in [0.4, 0.5) is 0 Å². The Balaban J connectivity index is 1.62. The molecule has 0 radical (unpaired) electrons. The number of ether oxygens (including phenoxy) is 3. The number of fused-ring (bicyclic) bond motifs is 1. The van der Waals surface area contributed by atoms with Gasteiger partial charge in [-0.2, -0.15) is 0 Å². The number of hydrogen-bond acceptors (Lipinski definition) is 6. The van der Waals surface area contributed by atoms with Crippen LogP contribution in [0.5, 0.6) is 0 Å².